The lowest BCUT2D eigenvalue weighted by molar-refractivity contribution is -0.138. The number of anilines is 2. The van der Waals surface area contributed by atoms with Crippen LogP contribution in [0.3, 0.4) is 0 Å². The molecule has 0 bridgehead atoms. The molecule has 8 nitrogen and oxygen atoms in total. The van der Waals surface area contributed by atoms with Crippen LogP contribution >= 0.6 is 0 Å². The third-order valence-corrected chi connectivity index (χ3v) is 9.26. The maximum atomic E-state index is 13.1. The Labute approximate surface area is 232 Å². The molecule has 208 valence electrons. The molecule has 1 aliphatic carbocycles. The highest BCUT2D eigenvalue weighted by Gasteiger charge is 2.31. The van der Waals surface area contributed by atoms with Crippen LogP contribution in [0.1, 0.15) is 52.4 Å². The molecule has 1 saturated carbocycles. The normalized spacial score (nSPS) is 23.3. The maximum absolute atomic E-state index is 13.1. The van der Waals surface area contributed by atoms with Gasteiger partial charge in [-0.05, 0) is 75.3 Å². The number of hydrogen-bond acceptors (Lipinski definition) is 6. The number of rotatable bonds is 6. The van der Waals surface area contributed by atoms with E-state index in [4.69, 9.17) is 4.98 Å². The molecule has 1 amide bonds. The smallest absolute Gasteiger partial charge is 0.225 e. The summed E-state index contributed by atoms with van der Waals surface area (Å²) in [5, 5.41) is 4.85. The van der Waals surface area contributed by atoms with Gasteiger partial charge in [0.2, 0.25) is 11.9 Å². The summed E-state index contributed by atoms with van der Waals surface area (Å²) in [7, 11) is 0. The van der Waals surface area contributed by atoms with E-state index in [0.717, 1.165) is 83.2 Å². The predicted molar refractivity (Wildman–Crippen MR) is 158 cm³/mol. The Morgan fingerprint density at radius 2 is 1.72 bits per heavy atom. The van der Waals surface area contributed by atoms with Gasteiger partial charge in [0.25, 0.3) is 0 Å². The number of aromatic nitrogens is 3. The molecule has 0 atom stereocenters. The van der Waals surface area contributed by atoms with Crippen LogP contribution < -0.4 is 10.2 Å². The molecule has 0 radical (unpaired) electrons. The lowest BCUT2D eigenvalue weighted by Crippen LogP contribution is -2.50. The molecule has 8 heteroatoms. The highest BCUT2D eigenvalue weighted by molar-refractivity contribution is 5.94. The van der Waals surface area contributed by atoms with Crippen molar-refractivity contribution in [1.29, 1.82) is 0 Å². The van der Waals surface area contributed by atoms with Gasteiger partial charge in [-0.25, -0.2) is 4.98 Å². The topological polar surface area (TPSA) is 69.5 Å². The van der Waals surface area contributed by atoms with Crippen LogP contribution in [-0.4, -0.2) is 82.1 Å². The minimum Gasteiger partial charge on any atom is -0.371 e. The minimum absolute atomic E-state index is 0.159. The first-order valence-electron chi connectivity index (χ1n) is 15.0. The summed E-state index contributed by atoms with van der Waals surface area (Å²) in [6.07, 6.45) is 10.3. The monoisotopic (exact) mass is 529 g/mol. The molecule has 2 aromatic heterocycles. The highest BCUT2D eigenvalue weighted by atomic mass is 16.2. The zero-order valence-corrected chi connectivity index (χ0v) is 23.6. The number of carbonyl (C=O) groups is 1. The van der Waals surface area contributed by atoms with E-state index in [-0.39, 0.29) is 5.92 Å². The van der Waals surface area contributed by atoms with Gasteiger partial charge in [-0.2, -0.15) is 4.98 Å². The molecule has 0 unspecified atom stereocenters. The molecule has 2 saturated heterocycles. The van der Waals surface area contributed by atoms with Crippen LogP contribution in [0.5, 0.6) is 0 Å². The zero-order chi connectivity index (χ0) is 26.8. The zero-order valence-electron chi connectivity index (χ0n) is 23.6. The fourth-order valence-corrected chi connectivity index (χ4v) is 6.64. The van der Waals surface area contributed by atoms with Crippen molar-refractivity contribution in [2.75, 3.05) is 56.0 Å². The van der Waals surface area contributed by atoms with Gasteiger partial charge in [-0.3, -0.25) is 4.79 Å². The summed E-state index contributed by atoms with van der Waals surface area (Å²) in [4.78, 5) is 29.6. The second kappa shape index (κ2) is 11.5. The number of piperidine rings is 1. The van der Waals surface area contributed by atoms with Crippen molar-refractivity contribution < 1.29 is 4.79 Å². The van der Waals surface area contributed by atoms with Gasteiger partial charge in [0.1, 0.15) is 5.82 Å². The van der Waals surface area contributed by atoms with E-state index in [0.29, 0.717) is 17.9 Å². The van der Waals surface area contributed by atoms with Crippen molar-refractivity contribution in [2.24, 2.45) is 11.8 Å². The van der Waals surface area contributed by atoms with E-state index < -0.39 is 0 Å². The first kappa shape index (κ1) is 26.1. The summed E-state index contributed by atoms with van der Waals surface area (Å²) < 4.78 is 2.17. The van der Waals surface area contributed by atoms with Gasteiger partial charge in [0, 0.05) is 74.7 Å². The molecule has 3 fully saturated rings. The van der Waals surface area contributed by atoms with Crippen LogP contribution in [-0.2, 0) is 4.79 Å². The Morgan fingerprint density at radius 3 is 2.46 bits per heavy atom. The third-order valence-electron chi connectivity index (χ3n) is 9.26. The molecule has 3 aromatic rings. The number of nitrogens with one attached hydrogen (secondary N) is 1. The lowest BCUT2D eigenvalue weighted by atomic mass is 9.85. The molecule has 1 aromatic carbocycles. The molecule has 39 heavy (non-hydrogen) atoms. The van der Waals surface area contributed by atoms with Crippen molar-refractivity contribution in [3.63, 3.8) is 0 Å². The van der Waals surface area contributed by atoms with E-state index in [2.05, 4.69) is 73.9 Å². The number of benzene rings is 1. The number of carbonyl (C=O) groups excluding carboxylic acids is 1. The molecule has 2 aliphatic heterocycles. The van der Waals surface area contributed by atoms with Crippen LogP contribution in [0.25, 0.3) is 16.7 Å². The van der Waals surface area contributed by atoms with Crippen LogP contribution in [0.2, 0.25) is 0 Å². The fourth-order valence-electron chi connectivity index (χ4n) is 6.64. The standard InChI is InChI=1S/C31H43N7O/c1-3-35-19-21-37(22-20-35)30(39)24-7-9-25(10-8-24)33-31-32-15-11-29(34-31)38-18-14-26-27(5-4-6-28(26)38)36-16-12-23(2)13-17-36/h4-6,11,14-15,18,23-25H,3,7-10,12-13,16-17,19-22H2,1-2H3,(H,32,33,34). The largest absolute Gasteiger partial charge is 0.371 e. The number of likely N-dealkylation sites (N-methyl/N-ethyl adjacent to an activating group) is 1. The van der Waals surface area contributed by atoms with E-state index in [1.807, 2.05) is 12.3 Å². The summed E-state index contributed by atoms with van der Waals surface area (Å²) >= 11 is 0. The van der Waals surface area contributed by atoms with Gasteiger partial charge in [-0.1, -0.05) is 19.9 Å². The first-order chi connectivity index (χ1) is 19.1. The van der Waals surface area contributed by atoms with E-state index >= 15 is 0 Å². The summed E-state index contributed by atoms with van der Waals surface area (Å²) in [6.45, 7) is 11.6. The van der Waals surface area contributed by atoms with Crippen molar-refractivity contribution in [2.45, 2.75) is 58.4 Å². The Balaban J connectivity index is 1.09. The quantitative estimate of drug-likeness (QED) is 0.495. The van der Waals surface area contributed by atoms with Crippen LogP contribution in [0.4, 0.5) is 11.6 Å². The molecule has 3 aliphatic rings. The third kappa shape index (κ3) is 5.62. The Kier molecular flexibility index (Phi) is 7.73. The average molecular weight is 530 g/mol. The Morgan fingerprint density at radius 1 is 0.949 bits per heavy atom. The van der Waals surface area contributed by atoms with Crippen LogP contribution in [0.15, 0.2) is 42.7 Å². The second-order valence-corrected chi connectivity index (χ2v) is 11.8. The van der Waals surface area contributed by atoms with E-state index in [1.165, 1.54) is 29.4 Å². The van der Waals surface area contributed by atoms with E-state index in [9.17, 15) is 4.79 Å². The van der Waals surface area contributed by atoms with Crippen LogP contribution in [0, 0.1) is 11.8 Å². The second-order valence-electron chi connectivity index (χ2n) is 11.8. The van der Waals surface area contributed by atoms with Crippen molar-refractivity contribution in [3.05, 3.63) is 42.7 Å². The number of hydrogen-bond donors (Lipinski definition) is 1. The lowest BCUT2D eigenvalue weighted by Gasteiger charge is -2.37. The van der Waals surface area contributed by atoms with Gasteiger partial charge < -0.3 is 24.6 Å². The Bertz CT molecular complexity index is 1260. The first-order valence-corrected chi connectivity index (χ1v) is 15.0. The average Bonchev–Trinajstić information content (AvgIpc) is 3.42. The number of fused-ring (bicyclic) bond motifs is 1. The van der Waals surface area contributed by atoms with Crippen molar-refractivity contribution in [1.82, 2.24) is 24.3 Å². The summed E-state index contributed by atoms with van der Waals surface area (Å²) in [5.74, 6) is 2.88. The SMILES string of the molecule is CCN1CCN(C(=O)C2CCC(Nc3nccc(-n4ccc5c(N6CCC(C)CC6)cccc54)n3)CC2)CC1. The minimum atomic E-state index is 0.159. The summed E-state index contributed by atoms with van der Waals surface area (Å²) in [6, 6.07) is 11.1. The highest BCUT2D eigenvalue weighted by Crippen LogP contribution is 2.32. The Hall–Kier alpha value is -3.13. The van der Waals surface area contributed by atoms with Gasteiger partial charge in [-0.15, -0.1) is 0 Å². The molecule has 6 rings (SSSR count). The summed E-state index contributed by atoms with van der Waals surface area (Å²) in [5.41, 5.74) is 2.50. The number of piperazine rings is 1. The van der Waals surface area contributed by atoms with Gasteiger partial charge >= 0.3 is 0 Å². The van der Waals surface area contributed by atoms with Crippen molar-refractivity contribution in [3.8, 4) is 5.82 Å². The van der Waals surface area contributed by atoms with Crippen molar-refractivity contribution >= 4 is 28.4 Å². The predicted octanol–water partition coefficient (Wildman–Crippen LogP) is 4.79. The molecular weight excluding hydrogens is 486 g/mol. The number of amides is 1. The fraction of sp³-hybridized carbons (Fsp3) is 0.581. The molecule has 1 N–H and O–H groups in total. The maximum Gasteiger partial charge on any atom is 0.225 e. The molecule has 0 spiro atoms. The molecule has 4 heterocycles. The number of nitrogens with zero attached hydrogens (tertiary/aromatic N) is 6. The molecular formula is C31H43N7O. The van der Waals surface area contributed by atoms with Gasteiger partial charge in [0.15, 0.2) is 0 Å². The van der Waals surface area contributed by atoms with Gasteiger partial charge in [0.05, 0.1) is 5.52 Å². The van der Waals surface area contributed by atoms with E-state index in [1.54, 1.807) is 0 Å².